The molecule has 0 fully saturated rings. The van der Waals surface area contributed by atoms with Crippen LogP contribution in [0.3, 0.4) is 0 Å². The van der Waals surface area contributed by atoms with Gasteiger partial charge in [-0.1, -0.05) is 12.1 Å². The second kappa shape index (κ2) is 5.20. The van der Waals surface area contributed by atoms with Gasteiger partial charge in [-0.05, 0) is 25.1 Å². The van der Waals surface area contributed by atoms with Crippen LogP contribution in [0, 0.1) is 6.92 Å². The SMILES string of the molecule is Cc1ccc(-c2noc([C@H](C)Cn3cccn3)n2)nn1. The van der Waals surface area contributed by atoms with Gasteiger partial charge in [0.15, 0.2) is 0 Å². The first-order valence-corrected chi connectivity index (χ1v) is 6.34. The summed E-state index contributed by atoms with van der Waals surface area (Å²) in [6.07, 6.45) is 3.65. The highest BCUT2D eigenvalue weighted by Gasteiger charge is 2.16. The van der Waals surface area contributed by atoms with Crippen LogP contribution in [0.15, 0.2) is 35.1 Å². The molecule has 0 aliphatic heterocycles. The Labute approximate surface area is 115 Å². The molecule has 3 aromatic rings. The van der Waals surface area contributed by atoms with E-state index < -0.39 is 0 Å². The van der Waals surface area contributed by atoms with E-state index in [1.54, 1.807) is 6.20 Å². The summed E-state index contributed by atoms with van der Waals surface area (Å²) < 4.78 is 7.12. The van der Waals surface area contributed by atoms with Crippen molar-refractivity contribution in [3.05, 3.63) is 42.2 Å². The first kappa shape index (κ1) is 12.5. The van der Waals surface area contributed by atoms with E-state index in [1.165, 1.54) is 0 Å². The second-order valence-corrected chi connectivity index (χ2v) is 4.65. The summed E-state index contributed by atoms with van der Waals surface area (Å²) in [4.78, 5) is 4.37. The Morgan fingerprint density at radius 1 is 1.30 bits per heavy atom. The highest BCUT2D eigenvalue weighted by Crippen LogP contribution is 2.19. The van der Waals surface area contributed by atoms with E-state index in [-0.39, 0.29) is 5.92 Å². The molecule has 7 nitrogen and oxygen atoms in total. The standard InChI is InChI=1S/C13H14N6O/c1-9(8-19-7-3-6-14-19)13-15-12(18-20-13)11-5-4-10(2)16-17-11/h3-7,9H,8H2,1-2H3/t9-/m1/s1. The van der Waals surface area contributed by atoms with Crippen molar-refractivity contribution < 1.29 is 4.52 Å². The Balaban J connectivity index is 1.77. The average molecular weight is 270 g/mol. The fourth-order valence-electron chi connectivity index (χ4n) is 1.82. The molecule has 102 valence electrons. The van der Waals surface area contributed by atoms with Crippen molar-refractivity contribution in [1.82, 2.24) is 30.1 Å². The number of rotatable bonds is 4. The van der Waals surface area contributed by atoms with E-state index in [4.69, 9.17) is 4.52 Å². The summed E-state index contributed by atoms with van der Waals surface area (Å²) in [7, 11) is 0. The van der Waals surface area contributed by atoms with E-state index in [2.05, 4.69) is 25.4 Å². The van der Waals surface area contributed by atoms with Crippen molar-refractivity contribution in [3.63, 3.8) is 0 Å². The van der Waals surface area contributed by atoms with Gasteiger partial charge in [0.2, 0.25) is 11.7 Å². The molecule has 0 saturated heterocycles. The molecular formula is C13H14N6O. The lowest BCUT2D eigenvalue weighted by molar-refractivity contribution is 0.343. The molecule has 3 aromatic heterocycles. The third-order valence-corrected chi connectivity index (χ3v) is 2.91. The zero-order chi connectivity index (χ0) is 13.9. The number of aromatic nitrogens is 6. The molecule has 0 unspecified atom stereocenters. The van der Waals surface area contributed by atoms with Crippen molar-refractivity contribution in [2.45, 2.75) is 26.3 Å². The maximum Gasteiger partial charge on any atom is 0.231 e. The summed E-state index contributed by atoms with van der Waals surface area (Å²) in [5.74, 6) is 1.10. The van der Waals surface area contributed by atoms with E-state index in [9.17, 15) is 0 Å². The van der Waals surface area contributed by atoms with E-state index in [1.807, 2.05) is 42.9 Å². The molecular weight excluding hydrogens is 256 g/mol. The van der Waals surface area contributed by atoms with Gasteiger partial charge in [0.05, 0.1) is 18.2 Å². The summed E-state index contributed by atoms with van der Waals surface area (Å²) in [6, 6.07) is 5.58. The van der Waals surface area contributed by atoms with Gasteiger partial charge in [-0.25, -0.2) is 0 Å². The summed E-state index contributed by atoms with van der Waals surface area (Å²) in [6.45, 7) is 4.58. The molecule has 0 amide bonds. The van der Waals surface area contributed by atoms with Crippen LogP contribution in [-0.4, -0.2) is 30.1 Å². The molecule has 0 bridgehead atoms. The third kappa shape index (κ3) is 2.56. The van der Waals surface area contributed by atoms with Gasteiger partial charge >= 0.3 is 0 Å². The molecule has 0 aliphatic rings. The summed E-state index contributed by atoms with van der Waals surface area (Å²) >= 11 is 0. The Hall–Kier alpha value is -2.57. The minimum Gasteiger partial charge on any atom is -0.339 e. The Bertz CT molecular complexity index is 673. The zero-order valence-corrected chi connectivity index (χ0v) is 11.3. The van der Waals surface area contributed by atoms with Crippen LogP contribution in [0.25, 0.3) is 11.5 Å². The Morgan fingerprint density at radius 2 is 2.20 bits per heavy atom. The molecule has 3 heterocycles. The first-order chi connectivity index (χ1) is 9.72. The topological polar surface area (TPSA) is 82.5 Å². The van der Waals surface area contributed by atoms with Gasteiger partial charge in [-0.15, -0.1) is 5.10 Å². The lowest BCUT2D eigenvalue weighted by atomic mass is 10.2. The number of nitrogens with zero attached hydrogens (tertiary/aromatic N) is 6. The lowest BCUT2D eigenvalue weighted by Gasteiger charge is -2.05. The molecule has 0 spiro atoms. The van der Waals surface area contributed by atoms with Gasteiger partial charge in [-0.3, -0.25) is 4.68 Å². The smallest absolute Gasteiger partial charge is 0.231 e. The van der Waals surface area contributed by atoms with E-state index >= 15 is 0 Å². The van der Waals surface area contributed by atoms with Crippen LogP contribution in [0.4, 0.5) is 0 Å². The fraction of sp³-hybridized carbons (Fsp3) is 0.308. The largest absolute Gasteiger partial charge is 0.339 e. The van der Waals surface area contributed by atoms with Crippen molar-refractivity contribution in [1.29, 1.82) is 0 Å². The highest BCUT2D eigenvalue weighted by molar-refractivity contribution is 5.46. The lowest BCUT2D eigenvalue weighted by Crippen LogP contribution is -2.06. The molecule has 0 aromatic carbocycles. The summed E-state index contributed by atoms with van der Waals surface area (Å²) in [5, 5.41) is 16.1. The molecule has 7 heteroatoms. The fourth-order valence-corrected chi connectivity index (χ4v) is 1.82. The minimum atomic E-state index is 0.0783. The second-order valence-electron chi connectivity index (χ2n) is 4.65. The van der Waals surface area contributed by atoms with E-state index in [0.717, 1.165) is 5.69 Å². The van der Waals surface area contributed by atoms with Crippen molar-refractivity contribution >= 4 is 0 Å². The summed E-state index contributed by atoms with van der Waals surface area (Å²) in [5.41, 5.74) is 1.46. The van der Waals surface area contributed by atoms with Crippen molar-refractivity contribution in [2.75, 3.05) is 0 Å². The molecule has 0 saturated carbocycles. The maximum atomic E-state index is 5.29. The van der Waals surface area contributed by atoms with Gasteiger partial charge in [0, 0.05) is 12.4 Å². The van der Waals surface area contributed by atoms with Crippen molar-refractivity contribution in [2.24, 2.45) is 0 Å². The van der Waals surface area contributed by atoms with Gasteiger partial charge in [0.25, 0.3) is 0 Å². The number of hydrogen-bond acceptors (Lipinski definition) is 6. The average Bonchev–Trinajstić information content (AvgIpc) is 3.10. The van der Waals surface area contributed by atoms with Crippen LogP contribution in [0.2, 0.25) is 0 Å². The monoisotopic (exact) mass is 270 g/mol. The molecule has 3 rings (SSSR count). The van der Waals surface area contributed by atoms with Crippen LogP contribution in [0.5, 0.6) is 0 Å². The maximum absolute atomic E-state index is 5.29. The van der Waals surface area contributed by atoms with Crippen molar-refractivity contribution in [3.8, 4) is 11.5 Å². The molecule has 0 aliphatic carbocycles. The quantitative estimate of drug-likeness (QED) is 0.719. The Morgan fingerprint density at radius 3 is 2.90 bits per heavy atom. The molecule has 0 radical (unpaired) electrons. The van der Waals surface area contributed by atoms with E-state index in [0.29, 0.717) is 24.0 Å². The molecule has 1 atom stereocenters. The van der Waals surface area contributed by atoms with Gasteiger partial charge < -0.3 is 4.52 Å². The predicted molar refractivity (Wildman–Crippen MR) is 70.7 cm³/mol. The Kier molecular flexibility index (Phi) is 3.24. The van der Waals surface area contributed by atoms with Gasteiger partial charge in [0.1, 0.15) is 5.69 Å². The molecule has 0 N–H and O–H groups in total. The van der Waals surface area contributed by atoms with Crippen LogP contribution >= 0.6 is 0 Å². The normalized spacial score (nSPS) is 12.5. The number of aryl methyl sites for hydroxylation is 1. The van der Waals surface area contributed by atoms with Crippen LogP contribution < -0.4 is 0 Å². The predicted octanol–water partition coefficient (Wildman–Crippen LogP) is 1.84. The first-order valence-electron chi connectivity index (χ1n) is 6.34. The van der Waals surface area contributed by atoms with Crippen LogP contribution in [0.1, 0.15) is 24.4 Å². The van der Waals surface area contributed by atoms with Crippen LogP contribution in [-0.2, 0) is 6.54 Å². The third-order valence-electron chi connectivity index (χ3n) is 2.91. The highest BCUT2D eigenvalue weighted by atomic mass is 16.5. The van der Waals surface area contributed by atoms with Gasteiger partial charge in [-0.2, -0.15) is 15.2 Å². The number of hydrogen-bond donors (Lipinski definition) is 0. The zero-order valence-electron chi connectivity index (χ0n) is 11.3. The minimum absolute atomic E-state index is 0.0783. The molecule has 20 heavy (non-hydrogen) atoms.